The van der Waals surface area contributed by atoms with Gasteiger partial charge in [-0.25, -0.2) is 9.37 Å². The van der Waals surface area contributed by atoms with Crippen LogP contribution in [0.2, 0.25) is 0 Å². The Morgan fingerprint density at radius 2 is 2.33 bits per heavy atom. The second-order valence-electron chi connectivity index (χ2n) is 3.13. The van der Waals surface area contributed by atoms with E-state index in [1.54, 1.807) is 0 Å². The number of fused-ring (bicyclic) bond motifs is 1. The molecule has 0 aliphatic carbocycles. The van der Waals surface area contributed by atoms with E-state index in [-0.39, 0.29) is 0 Å². The summed E-state index contributed by atoms with van der Waals surface area (Å²) in [6.45, 7) is 0. The zero-order valence-electron chi connectivity index (χ0n) is 7.57. The molecule has 2 aromatic heterocycles. The van der Waals surface area contributed by atoms with E-state index in [9.17, 15) is 9.18 Å². The molecule has 2 rings (SSSR count). The highest BCUT2D eigenvalue weighted by molar-refractivity contribution is 5.81. The van der Waals surface area contributed by atoms with Gasteiger partial charge in [-0.05, 0) is 12.1 Å². The molecular weight excluding hydrogens is 201 g/mol. The van der Waals surface area contributed by atoms with Gasteiger partial charge in [0.25, 0.3) is 0 Å². The van der Waals surface area contributed by atoms with Crippen LogP contribution in [0.3, 0.4) is 0 Å². The van der Waals surface area contributed by atoms with Gasteiger partial charge in [-0.2, -0.15) is 0 Å². The fraction of sp³-hybridized carbons (Fsp3) is 0.111. The average molecular weight is 209 g/mol. The highest BCUT2D eigenvalue weighted by Gasteiger charge is 2.16. The maximum Gasteiger partial charge on any atom is 0.326 e. The molecule has 4 N–H and O–H groups in total. The van der Waals surface area contributed by atoms with Gasteiger partial charge in [0.05, 0.1) is 6.20 Å². The number of aromatic nitrogens is 2. The number of carboxylic acid groups (broad SMARTS) is 1. The number of hydrogen-bond donors (Lipinski definition) is 3. The number of carboxylic acids is 1. The molecule has 0 aliphatic heterocycles. The molecule has 1 unspecified atom stereocenters. The molecule has 0 spiro atoms. The molecule has 1 atom stereocenters. The van der Waals surface area contributed by atoms with Gasteiger partial charge in [0.1, 0.15) is 17.5 Å². The summed E-state index contributed by atoms with van der Waals surface area (Å²) in [6.07, 6.45) is 1.05. The molecule has 0 saturated carbocycles. The van der Waals surface area contributed by atoms with Crippen molar-refractivity contribution in [1.82, 2.24) is 9.97 Å². The lowest BCUT2D eigenvalue weighted by molar-refractivity contribution is -0.138. The third kappa shape index (κ3) is 1.66. The number of H-pyrrole nitrogens is 1. The number of nitrogens with two attached hydrogens (primary N) is 1. The molecule has 0 fully saturated rings. The summed E-state index contributed by atoms with van der Waals surface area (Å²) in [7, 11) is 0. The predicted molar refractivity (Wildman–Crippen MR) is 50.6 cm³/mol. The molecule has 15 heavy (non-hydrogen) atoms. The number of carbonyl (C=O) groups is 1. The molecule has 78 valence electrons. The number of hydrogen-bond acceptors (Lipinski definition) is 3. The van der Waals surface area contributed by atoms with E-state index in [2.05, 4.69) is 9.97 Å². The van der Waals surface area contributed by atoms with Crippen molar-refractivity contribution in [3.05, 3.63) is 29.8 Å². The van der Waals surface area contributed by atoms with E-state index in [0.717, 1.165) is 6.20 Å². The lowest BCUT2D eigenvalue weighted by atomic mass is 10.2. The van der Waals surface area contributed by atoms with E-state index in [4.69, 9.17) is 10.8 Å². The van der Waals surface area contributed by atoms with Crippen LogP contribution in [0.25, 0.3) is 11.0 Å². The molecule has 6 heteroatoms. The van der Waals surface area contributed by atoms with Gasteiger partial charge in [0.15, 0.2) is 0 Å². The van der Waals surface area contributed by atoms with Crippen molar-refractivity contribution in [2.75, 3.05) is 0 Å². The summed E-state index contributed by atoms with van der Waals surface area (Å²) < 4.78 is 12.8. The molecular formula is C9H8FN3O2. The predicted octanol–water partition coefficient (Wildman–Crippen LogP) is 0.786. The summed E-state index contributed by atoms with van der Waals surface area (Å²) in [5, 5.41) is 9.18. The number of aromatic amines is 1. The third-order valence-electron chi connectivity index (χ3n) is 2.06. The first-order valence-corrected chi connectivity index (χ1v) is 4.20. The van der Waals surface area contributed by atoms with Crippen LogP contribution >= 0.6 is 0 Å². The minimum Gasteiger partial charge on any atom is -0.480 e. The molecule has 2 heterocycles. The van der Waals surface area contributed by atoms with Crippen LogP contribution < -0.4 is 5.73 Å². The van der Waals surface area contributed by atoms with Gasteiger partial charge in [-0.1, -0.05) is 0 Å². The normalized spacial score (nSPS) is 12.9. The fourth-order valence-electron chi connectivity index (χ4n) is 1.31. The van der Waals surface area contributed by atoms with Gasteiger partial charge in [-0.3, -0.25) is 4.79 Å². The summed E-state index contributed by atoms with van der Waals surface area (Å²) in [5.41, 5.74) is 6.11. The lowest BCUT2D eigenvalue weighted by Gasteiger charge is -2.01. The SMILES string of the molecule is NC(C(=O)O)c1cc2cc(F)cnc2[nH]1. The first-order chi connectivity index (χ1) is 7.08. The third-order valence-corrected chi connectivity index (χ3v) is 2.06. The van der Waals surface area contributed by atoms with E-state index in [0.29, 0.717) is 16.7 Å². The molecule has 0 aliphatic rings. The quantitative estimate of drug-likeness (QED) is 0.681. The summed E-state index contributed by atoms with van der Waals surface area (Å²) in [4.78, 5) is 17.1. The van der Waals surface area contributed by atoms with Crippen LogP contribution in [0.1, 0.15) is 11.7 Å². The smallest absolute Gasteiger partial charge is 0.326 e. The number of aliphatic carboxylic acids is 1. The van der Waals surface area contributed by atoms with Crippen molar-refractivity contribution >= 4 is 17.0 Å². The van der Waals surface area contributed by atoms with Crippen LogP contribution in [0.15, 0.2) is 18.3 Å². The summed E-state index contributed by atoms with van der Waals surface area (Å²) >= 11 is 0. The van der Waals surface area contributed by atoms with Crippen LogP contribution in [-0.2, 0) is 4.79 Å². The second kappa shape index (κ2) is 3.32. The Balaban J connectivity index is 2.51. The summed E-state index contributed by atoms with van der Waals surface area (Å²) in [6, 6.07) is 1.59. The molecule has 2 aromatic rings. The standard InChI is InChI=1S/C9H8FN3O2/c10-5-1-4-2-6(7(11)9(14)15)13-8(4)12-3-5/h1-3,7H,11H2,(H,12,13)(H,14,15). The number of nitrogens with one attached hydrogen (secondary N) is 1. The maximum absolute atomic E-state index is 12.8. The molecule has 0 radical (unpaired) electrons. The van der Waals surface area contributed by atoms with Crippen molar-refractivity contribution in [2.24, 2.45) is 5.73 Å². The summed E-state index contributed by atoms with van der Waals surface area (Å²) in [5.74, 6) is -1.63. The largest absolute Gasteiger partial charge is 0.480 e. The zero-order valence-corrected chi connectivity index (χ0v) is 7.57. The first kappa shape index (κ1) is 9.60. The number of halogens is 1. The Bertz CT molecular complexity index is 523. The average Bonchev–Trinajstić information content (AvgIpc) is 2.58. The fourth-order valence-corrected chi connectivity index (χ4v) is 1.31. The van der Waals surface area contributed by atoms with Crippen LogP contribution in [0.4, 0.5) is 4.39 Å². The van der Waals surface area contributed by atoms with Crippen molar-refractivity contribution in [2.45, 2.75) is 6.04 Å². The monoisotopic (exact) mass is 209 g/mol. The van der Waals surface area contributed by atoms with Gasteiger partial charge in [-0.15, -0.1) is 0 Å². The van der Waals surface area contributed by atoms with Crippen molar-refractivity contribution in [3.8, 4) is 0 Å². The Hall–Kier alpha value is -1.95. The number of nitrogens with zero attached hydrogens (tertiary/aromatic N) is 1. The van der Waals surface area contributed by atoms with Crippen molar-refractivity contribution in [3.63, 3.8) is 0 Å². The van der Waals surface area contributed by atoms with E-state index < -0.39 is 17.8 Å². The van der Waals surface area contributed by atoms with Crippen LogP contribution in [-0.4, -0.2) is 21.0 Å². The van der Waals surface area contributed by atoms with Gasteiger partial charge in [0.2, 0.25) is 0 Å². The molecule has 0 amide bonds. The molecule has 0 saturated heterocycles. The van der Waals surface area contributed by atoms with E-state index in [1.807, 2.05) is 0 Å². The van der Waals surface area contributed by atoms with E-state index in [1.165, 1.54) is 12.1 Å². The molecule has 0 aromatic carbocycles. The Morgan fingerprint density at radius 3 is 3.00 bits per heavy atom. The molecule has 0 bridgehead atoms. The lowest BCUT2D eigenvalue weighted by Crippen LogP contribution is -2.20. The van der Waals surface area contributed by atoms with Crippen molar-refractivity contribution < 1.29 is 14.3 Å². The Morgan fingerprint density at radius 1 is 1.60 bits per heavy atom. The van der Waals surface area contributed by atoms with E-state index >= 15 is 0 Å². The van der Waals surface area contributed by atoms with Crippen molar-refractivity contribution in [1.29, 1.82) is 0 Å². The molecule has 5 nitrogen and oxygen atoms in total. The van der Waals surface area contributed by atoms with Crippen LogP contribution in [0, 0.1) is 5.82 Å². The Kier molecular flexibility index (Phi) is 2.12. The Labute approximate surface area is 83.7 Å². The highest BCUT2D eigenvalue weighted by Crippen LogP contribution is 2.17. The minimum absolute atomic E-state index is 0.301. The van der Waals surface area contributed by atoms with Crippen LogP contribution in [0.5, 0.6) is 0 Å². The number of rotatable bonds is 2. The number of pyridine rings is 1. The minimum atomic E-state index is -1.15. The van der Waals surface area contributed by atoms with Gasteiger partial charge in [0, 0.05) is 11.1 Å². The zero-order chi connectivity index (χ0) is 11.0. The second-order valence-corrected chi connectivity index (χ2v) is 3.13. The van der Waals surface area contributed by atoms with Gasteiger partial charge >= 0.3 is 5.97 Å². The highest BCUT2D eigenvalue weighted by atomic mass is 19.1. The topological polar surface area (TPSA) is 92.0 Å². The maximum atomic E-state index is 12.8. The first-order valence-electron chi connectivity index (χ1n) is 4.20. The van der Waals surface area contributed by atoms with Gasteiger partial charge < -0.3 is 15.8 Å².